The Hall–Kier alpha value is -1.22. The molecule has 0 aromatic heterocycles. The van der Waals surface area contributed by atoms with E-state index in [4.69, 9.17) is 10.5 Å². The van der Waals surface area contributed by atoms with E-state index in [1.54, 1.807) is 7.11 Å². The number of hydrogen-bond acceptors (Lipinski definition) is 3. The summed E-state index contributed by atoms with van der Waals surface area (Å²) in [5, 5.41) is 3.37. The molecule has 0 saturated carbocycles. The Morgan fingerprint density at radius 1 is 1.24 bits per heavy atom. The van der Waals surface area contributed by atoms with Crippen molar-refractivity contribution < 1.29 is 4.74 Å². The number of methoxy groups -OCH3 is 1. The highest BCUT2D eigenvalue weighted by molar-refractivity contribution is 5.54. The van der Waals surface area contributed by atoms with Crippen LogP contribution in [-0.2, 0) is 0 Å². The monoisotopic (exact) mass is 236 g/mol. The van der Waals surface area contributed by atoms with Gasteiger partial charge in [0.2, 0.25) is 0 Å². The molecule has 96 valence electrons. The molecule has 0 bridgehead atoms. The molecule has 1 fully saturated rings. The Morgan fingerprint density at radius 2 is 1.88 bits per heavy atom. The number of piperidine rings is 1. The average molecular weight is 236 g/mol. The van der Waals surface area contributed by atoms with Gasteiger partial charge in [0.1, 0.15) is 5.75 Å². The molecule has 1 aliphatic rings. The van der Waals surface area contributed by atoms with Gasteiger partial charge in [0.15, 0.2) is 0 Å². The van der Waals surface area contributed by atoms with Crippen molar-refractivity contribution in [3.05, 3.63) is 23.8 Å². The van der Waals surface area contributed by atoms with Crippen molar-refractivity contribution >= 4 is 5.69 Å². The summed E-state index contributed by atoms with van der Waals surface area (Å²) in [6.07, 6.45) is 2.40. The number of benzene rings is 1. The zero-order chi connectivity index (χ0) is 12.7. The quantitative estimate of drug-likeness (QED) is 0.776. The molecule has 0 atom stereocenters. The zero-order valence-electron chi connectivity index (χ0n) is 11.1. The van der Waals surface area contributed by atoms with Gasteiger partial charge in [-0.1, -0.05) is 19.9 Å². The maximum atomic E-state index is 5.79. The summed E-state index contributed by atoms with van der Waals surface area (Å²) in [7, 11) is 1.66. The van der Waals surface area contributed by atoms with Crippen LogP contribution in [0.25, 0.3) is 0 Å². The first-order valence-corrected chi connectivity index (χ1v) is 6.45. The van der Waals surface area contributed by atoms with Gasteiger partial charge in [0.05, 0.1) is 12.8 Å². The first-order chi connectivity index (χ1) is 8.31. The summed E-state index contributed by atoms with van der Waals surface area (Å²) in [5.41, 5.74) is 7.86. The minimum atomic E-state index is 0.653. The van der Waals surface area contributed by atoms with E-state index in [2.05, 4.69) is 17.4 Å². The summed E-state index contributed by atoms with van der Waals surface area (Å²) in [4.78, 5) is 0. The smallest absolute Gasteiger partial charge is 0.142 e. The molecule has 3 nitrogen and oxygen atoms in total. The van der Waals surface area contributed by atoms with Crippen LogP contribution in [0, 0.1) is 0 Å². The molecule has 2 rings (SSSR count). The predicted octanol–water partition coefficient (Wildman–Crippen LogP) is 2.77. The molecule has 17 heavy (non-hydrogen) atoms. The fraction of sp³-hybridized carbons (Fsp3) is 0.571. The third-order valence-corrected chi connectivity index (χ3v) is 3.07. The maximum Gasteiger partial charge on any atom is 0.142 e. The third kappa shape index (κ3) is 3.63. The van der Waals surface area contributed by atoms with Gasteiger partial charge in [-0.05, 0) is 49.5 Å². The van der Waals surface area contributed by atoms with E-state index >= 15 is 0 Å². The van der Waals surface area contributed by atoms with Crippen molar-refractivity contribution in [3.8, 4) is 5.75 Å². The molecule has 0 unspecified atom stereocenters. The minimum Gasteiger partial charge on any atom is -0.495 e. The fourth-order valence-electron chi connectivity index (χ4n) is 2.14. The lowest BCUT2D eigenvalue weighted by Crippen LogP contribution is -2.26. The number of nitrogen functional groups attached to an aromatic ring is 1. The predicted molar refractivity (Wildman–Crippen MR) is 73.6 cm³/mol. The van der Waals surface area contributed by atoms with E-state index in [-0.39, 0.29) is 0 Å². The Kier molecular flexibility index (Phi) is 5.84. The molecule has 1 heterocycles. The van der Waals surface area contributed by atoms with Gasteiger partial charge in [-0.25, -0.2) is 0 Å². The normalized spacial score (nSPS) is 15.9. The standard InChI is InChI=1S/C12H18N2O.C2H6/c1-15-12-8-10(2-3-11(12)13)9-4-6-14-7-5-9;1-2/h2-3,8-9,14H,4-7,13H2,1H3;1-2H3. The van der Waals surface area contributed by atoms with Crippen LogP contribution < -0.4 is 15.8 Å². The molecular formula is C14H24N2O. The van der Waals surface area contributed by atoms with Gasteiger partial charge in [-0.3, -0.25) is 0 Å². The van der Waals surface area contributed by atoms with Crippen LogP contribution in [0.1, 0.15) is 38.2 Å². The SMILES string of the molecule is CC.COc1cc(C2CCNCC2)ccc1N. The fourth-order valence-corrected chi connectivity index (χ4v) is 2.14. The zero-order valence-corrected chi connectivity index (χ0v) is 11.1. The van der Waals surface area contributed by atoms with Gasteiger partial charge in [-0.15, -0.1) is 0 Å². The number of hydrogen-bond donors (Lipinski definition) is 2. The van der Waals surface area contributed by atoms with Crippen LogP contribution in [0.2, 0.25) is 0 Å². The second-order valence-electron chi connectivity index (χ2n) is 4.03. The van der Waals surface area contributed by atoms with Crippen molar-refractivity contribution in [2.75, 3.05) is 25.9 Å². The second kappa shape index (κ2) is 7.17. The molecule has 0 aliphatic carbocycles. The highest BCUT2D eigenvalue weighted by atomic mass is 16.5. The maximum absolute atomic E-state index is 5.79. The number of anilines is 1. The first kappa shape index (κ1) is 13.8. The molecule has 3 heteroatoms. The van der Waals surface area contributed by atoms with Crippen LogP contribution in [0.5, 0.6) is 5.75 Å². The highest BCUT2D eigenvalue weighted by Crippen LogP contribution is 2.30. The molecule has 0 amide bonds. The summed E-state index contributed by atoms with van der Waals surface area (Å²) in [5.74, 6) is 1.45. The average Bonchev–Trinajstić information content (AvgIpc) is 2.42. The Morgan fingerprint density at radius 3 is 2.47 bits per heavy atom. The number of nitrogens with two attached hydrogens (primary N) is 1. The molecule has 1 aromatic rings. The van der Waals surface area contributed by atoms with E-state index in [0.717, 1.165) is 24.5 Å². The van der Waals surface area contributed by atoms with E-state index in [1.165, 1.54) is 18.4 Å². The number of rotatable bonds is 2. The molecule has 3 N–H and O–H groups in total. The van der Waals surface area contributed by atoms with Crippen LogP contribution in [-0.4, -0.2) is 20.2 Å². The first-order valence-electron chi connectivity index (χ1n) is 6.45. The van der Waals surface area contributed by atoms with Gasteiger partial charge in [0.25, 0.3) is 0 Å². The van der Waals surface area contributed by atoms with Gasteiger partial charge in [-0.2, -0.15) is 0 Å². The summed E-state index contributed by atoms with van der Waals surface area (Å²) >= 11 is 0. The lowest BCUT2D eigenvalue weighted by atomic mass is 9.90. The number of ether oxygens (including phenoxy) is 1. The van der Waals surface area contributed by atoms with Crippen LogP contribution >= 0.6 is 0 Å². The lowest BCUT2D eigenvalue weighted by Gasteiger charge is -2.23. The van der Waals surface area contributed by atoms with Crippen LogP contribution in [0.4, 0.5) is 5.69 Å². The van der Waals surface area contributed by atoms with Crippen LogP contribution in [0.3, 0.4) is 0 Å². The van der Waals surface area contributed by atoms with Crippen molar-refractivity contribution in [2.24, 2.45) is 0 Å². The van der Waals surface area contributed by atoms with Gasteiger partial charge < -0.3 is 15.8 Å². The van der Waals surface area contributed by atoms with Crippen LogP contribution in [0.15, 0.2) is 18.2 Å². The molecular weight excluding hydrogens is 212 g/mol. The van der Waals surface area contributed by atoms with E-state index in [9.17, 15) is 0 Å². The Balaban J connectivity index is 0.000000686. The van der Waals surface area contributed by atoms with Crippen molar-refractivity contribution in [1.82, 2.24) is 5.32 Å². The largest absolute Gasteiger partial charge is 0.495 e. The lowest BCUT2D eigenvalue weighted by molar-refractivity contribution is 0.413. The van der Waals surface area contributed by atoms with E-state index in [0.29, 0.717) is 5.92 Å². The van der Waals surface area contributed by atoms with Crippen molar-refractivity contribution in [3.63, 3.8) is 0 Å². The summed E-state index contributed by atoms with van der Waals surface area (Å²) in [6, 6.07) is 6.13. The van der Waals surface area contributed by atoms with E-state index < -0.39 is 0 Å². The third-order valence-electron chi connectivity index (χ3n) is 3.07. The van der Waals surface area contributed by atoms with Gasteiger partial charge >= 0.3 is 0 Å². The van der Waals surface area contributed by atoms with Crippen molar-refractivity contribution in [1.29, 1.82) is 0 Å². The number of nitrogens with one attached hydrogen (secondary N) is 1. The molecule has 0 spiro atoms. The topological polar surface area (TPSA) is 47.3 Å². The summed E-state index contributed by atoms with van der Waals surface area (Å²) in [6.45, 7) is 6.22. The van der Waals surface area contributed by atoms with E-state index in [1.807, 2.05) is 19.9 Å². The minimum absolute atomic E-state index is 0.653. The highest BCUT2D eigenvalue weighted by Gasteiger charge is 2.16. The van der Waals surface area contributed by atoms with Crippen molar-refractivity contribution in [2.45, 2.75) is 32.6 Å². The Labute approximate surface area is 104 Å². The Bertz CT molecular complexity index is 333. The summed E-state index contributed by atoms with van der Waals surface area (Å²) < 4.78 is 5.24. The second-order valence-corrected chi connectivity index (χ2v) is 4.03. The molecule has 1 aliphatic heterocycles. The molecule has 0 radical (unpaired) electrons. The van der Waals surface area contributed by atoms with Gasteiger partial charge in [0, 0.05) is 0 Å². The molecule has 1 aromatic carbocycles. The molecule has 1 saturated heterocycles.